The van der Waals surface area contributed by atoms with Gasteiger partial charge in [-0.05, 0) is 24.3 Å². The van der Waals surface area contributed by atoms with E-state index in [0.29, 0.717) is 19.3 Å². The van der Waals surface area contributed by atoms with Gasteiger partial charge in [-0.1, -0.05) is 30.3 Å². The molecule has 0 radical (unpaired) electrons. The minimum absolute atomic E-state index is 0.0139. The van der Waals surface area contributed by atoms with E-state index >= 15 is 0 Å². The van der Waals surface area contributed by atoms with E-state index in [4.69, 9.17) is 4.74 Å². The number of carbonyl (C=O) groups is 4. The van der Waals surface area contributed by atoms with Crippen molar-refractivity contribution in [3.05, 3.63) is 35.9 Å². The molecule has 9 heteroatoms. The highest BCUT2D eigenvalue weighted by molar-refractivity contribution is 5.86. The maximum absolute atomic E-state index is 12.1. The van der Waals surface area contributed by atoms with Crippen LogP contribution in [0.3, 0.4) is 0 Å². The fourth-order valence-corrected chi connectivity index (χ4v) is 3.22. The van der Waals surface area contributed by atoms with E-state index < -0.39 is 36.0 Å². The Morgan fingerprint density at radius 3 is 2.59 bits per heavy atom. The quantitative estimate of drug-likeness (QED) is 0.479. The van der Waals surface area contributed by atoms with Gasteiger partial charge in [-0.3, -0.25) is 9.59 Å². The van der Waals surface area contributed by atoms with Crippen LogP contribution in [0.15, 0.2) is 30.3 Å². The number of nitrogens with one attached hydrogen (secondary N) is 2. The normalized spacial score (nSPS) is 18.4. The number of ketones is 1. The Morgan fingerprint density at radius 2 is 1.93 bits per heavy atom. The highest BCUT2D eigenvalue weighted by atomic mass is 16.5. The summed E-state index contributed by atoms with van der Waals surface area (Å²) >= 11 is 0. The number of carboxylic acid groups (broad SMARTS) is 1. The van der Waals surface area contributed by atoms with Crippen LogP contribution >= 0.6 is 0 Å². The summed E-state index contributed by atoms with van der Waals surface area (Å²) < 4.78 is 5.00. The van der Waals surface area contributed by atoms with Gasteiger partial charge >= 0.3 is 12.1 Å². The SMILES string of the molecule is O=C1CCC[C@H]([C@H](NC(=O)C[C@H](O)CNC(=O)OCc2ccccc2)C(=O)O)C1. The van der Waals surface area contributed by atoms with Crippen LogP contribution < -0.4 is 10.6 Å². The van der Waals surface area contributed by atoms with Crippen molar-refractivity contribution in [3.63, 3.8) is 0 Å². The molecular weight excluding hydrogens is 380 g/mol. The topological polar surface area (TPSA) is 142 Å². The van der Waals surface area contributed by atoms with Crippen molar-refractivity contribution in [3.8, 4) is 0 Å². The molecule has 3 atom stereocenters. The molecule has 1 aromatic rings. The third kappa shape index (κ3) is 7.90. The molecule has 1 aliphatic rings. The lowest BCUT2D eigenvalue weighted by Crippen LogP contribution is -2.48. The number of hydrogen-bond donors (Lipinski definition) is 4. The Balaban J connectivity index is 1.72. The van der Waals surface area contributed by atoms with Gasteiger partial charge in [0.15, 0.2) is 0 Å². The molecule has 29 heavy (non-hydrogen) atoms. The summed E-state index contributed by atoms with van der Waals surface area (Å²) in [7, 11) is 0. The van der Waals surface area contributed by atoms with Gasteiger partial charge in [0.2, 0.25) is 5.91 Å². The van der Waals surface area contributed by atoms with Crippen LogP contribution in [0.1, 0.15) is 37.7 Å². The molecule has 1 aliphatic carbocycles. The summed E-state index contributed by atoms with van der Waals surface area (Å²) in [6.45, 7) is -0.148. The van der Waals surface area contributed by atoms with Crippen LogP contribution in [0, 0.1) is 5.92 Å². The molecule has 0 unspecified atom stereocenters. The summed E-state index contributed by atoms with van der Waals surface area (Å²) in [6.07, 6.45) is -0.639. The molecule has 4 N–H and O–H groups in total. The summed E-state index contributed by atoms with van der Waals surface area (Å²) in [5, 5.41) is 24.0. The molecule has 0 aliphatic heterocycles. The van der Waals surface area contributed by atoms with Gasteiger partial charge in [-0.15, -0.1) is 0 Å². The minimum atomic E-state index is -1.21. The lowest BCUT2D eigenvalue weighted by molar-refractivity contribution is -0.144. The number of alkyl carbamates (subject to hydrolysis) is 1. The number of aliphatic hydroxyl groups excluding tert-OH is 1. The van der Waals surface area contributed by atoms with E-state index in [1.54, 1.807) is 12.1 Å². The number of carboxylic acids is 1. The Morgan fingerprint density at radius 1 is 1.21 bits per heavy atom. The van der Waals surface area contributed by atoms with Gasteiger partial charge in [-0.25, -0.2) is 9.59 Å². The largest absolute Gasteiger partial charge is 0.480 e. The Hall–Kier alpha value is -2.94. The second-order valence-electron chi connectivity index (χ2n) is 7.08. The van der Waals surface area contributed by atoms with Crippen LogP contribution in [0.4, 0.5) is 4.79 Å². The van der Waals surface area contributed by atoms with Crippen molar-refractivity contribution in [2.45, 2.75) is 50.9 Å². The lowest BCUT2D eigenvalue weighted by Gasteiger charge is -2.27. The first-order valence-corrected chi connectivity index (χ1v) is 9.51. The molecule has 9 nitrogen and oxygen atoms in total. The van der Waals surface area contributed by atoms with Crippen molar-refractivity contribution < 1.29 is 34.1 Å². The van der Waals surface area contributed by atoms with E-state index in [9.17, 15) is 29.4 Å². The zero-order valence-electron chi connectivity index (χ0n) is 16.0. The van der Waals surface area contributed by atoms with E-state index in [-0.39, 0.29) is 31.8 Å². The number of rotatable bonds is 9. The number of hydrogen-bond acceptors (Lipinski definition) is 6. The van der Waals surface area contributed by atoms with Crippen molar-refractivity contribution in [2.24, 2.45) is 5.92 Å². The van der Waals surface area contributed by atoms with E-state index in [1.165, 1.54) is 0 Å². The number of benzene rings is 1. The minimum Gasteiger partial charge on any atom is -0.480 e. The van der Waals surface area contributed by atoms with Crippen molar-refractivity contribution >= 4 is 23.8 Å². The second-order valence-corrected chi connectivity index (χ2v) is 7.08. The van der Waals surface area contributed by atoms with Crippen LogP contribution in [0.5, 0.6) is 0 Å². The summed E-state index contributed by atoms with van der Waals surface area (Å²) in [4.78, 5) is 46.8. The first-order valence-electron chi connectivity index (χ1n) is 9.51. The van der Waals surface area contributed by atoms with Crippen LogP contribution in [-0.2, 0) is 25.7 Å². The van der Waals surface area contributed by atoms with Gasteiger partial charge in [-0.2, -0.15) is 0 Å². The van der Waals surface area contributed by atoms with Crippen LogP contribution in [0.2, 0.25) is 0 Å². The highest BCUT2D eigenvalue weighted by Gasteiger charge is 2.33. The molecular formula is C20H26N2O7. The van der Waals surface area contributed by atoms with Gasteiger partial charge in [0.1, 0.15) is 18.4 Å². The number of carbonyl (C=O) groups excluding carboxylic acids is 3. The van der Waals surface area contributed by atoms with Gasteiger partial charge < -0.3 is 25.6 Å². The van der Waals surface area contributed by atoms with E-state index in [2.05, 4.69) is 10.6 Å². The summed E-state index contributed by atoms with van der Waals surface area (Å²) in [6, 6.07) is 7.88. The van der Waals surface area contributed by atoms with Crippen molar-refractivity contribution in [1.29, 1.82) is 0 Å². The molecule has 1 fully saturated rings. The maximum Gasteiger partial charge on any atom is 0.407 e. The molecule has 0 bridgehead atoms. The van der Waals surface area contributed by atoms with Gasteiger partial charge in [0.25, 0.3) is 0 Å². The fourth-order valence-electron chi connectivity index (χ4n) is 3.22. The molecule has 1 aromatic carbocycles. The second kappa shape index (κ2) is 11.2. The number of ether oxygens (including phenoxy) is 1. The Labute approximate surface area is 168 Å². The third-order valence-corrected chi connectivity index (χ3v) is 4.69. The lowest BCUT2D eigenvalue weighted by atomic mass is 9.83. The maximum atomic E-state index is 12.1. The molecule has 0 saturated heterocycles. The summed E-state index contributed by atoms with van der Waals surface area (Å²) in [5.74, 6) is -2.35. The molecule has 0 heterocycles. The Bertz CT molecular complexity index is 723. The molecule has 158 valence electrons. The monoisotopic (exact) mass is 406 g/mol. The average molecular weight is 406 g/mol. The average Bonchev–Trinajstić information content (AvgIpc) is 2.69. The summed E-state index contributed by atoms with van der Waals surface area (Å²) in [5.41, 5.74) is 0.809. The predicted octanol–water partition coefficient (Wildman–Crippen LogP) is 0.992. The van der Waals surface area contributed by atoms with Gasteiger partial charge in [0.05, 0.1) is 12.5 Å². The molecule has 1 saturated carbocycles. The highest BCUT2D eigenvalue weighted by Crippen LogP contribution is 2.24. The van der Waals surface area contributed by atoms with Crippen LogP contribution in [0.25, 0.3) is 0 Å². The smallest absolute Gasteiger partial charge is 0.407 e. The Kier molecular flexibility index (Phi) is 8.60. The van der Waals surface area contributed by atoms with Crippen LogP contribution in [-0.4, -0.2) is 52.7 Å². The predicted molar refractivity (Wildman–Crippen MR) is 102 cm³/mol. The first kappa shape index (κ1) is 22.4. The molecule has 0 aromatic heterocycles. The fraction of sp³-hybridized carbons (Fsp3) is 0.500. The molecule has 0 spiro atoms. The number of Topliss-reactive ketones (excluding diaryl/α,β-unsaturated/α-hetero) is 1. The number of aliphatic carboxylic acids is 1. The first-order chi connectivity index (χ1) is 13.8. The standard InChI is InChI=1S/C20H26N2O7/c23-15-8-4-7-14(9-15)18(19(26)27)22-17(25)10-16(24)11-21-20(28)29-12-13-5-2-1-3-6-13/h1-3,5-6,14,16,18,24H,4,7-12H2,(H,21,28)(H,22,25)(H,26,27)/t14-,16-,18-/m0/s1. The number of aliphatic hydroxyl groups is 1. The number of amides is 2. The van der Waals surface area contributed by atoms with Gasteiger partial charge in [0, 0.05) is 19.4 Å². The zero-order valence-corrected chi connectivity index (χ0v) is 16.0. The molecule has 2 rings (SSSR count). The third-order valence-electron chi connectivity index (χ3n) is 4.69. The van der Waals surface area contributed by atoms with Crippen molar-refractivity contribution in [1.82, 2.24) is 10.6 Å². The molecule has 2 amide bonds. The van der Waals surface area contributed by atoms with E-state index in [1.807, 2.05) is 18.2 Å². The van der Waals surface area contributed by atoms with Crippen molar-refractivity contribution in [2.75, 3.05) is 6.54 Å². The van der Waals surface area contributed by atoms with E-state index in [0.717, 1.165) is 5.56 Å². The zero-order chi connectivity index (χ0) is 21.2.